The van der Waals surface area contributed by atoms with E-state index >= 15 is 0 Å². The molecule has 0 bridgehead atoms. The lowest BCUT2D eigenvalue weighted by molar-refractivity contribution is -0.140. The van der Waals surface area contributed by atoms with E-state index in [2.05, 4.69) is 28.8 Å². The third-order valence-electron chi connectivity index (χ3n) is 9.16. The molecule has 4 nitrogen and oxygen atoms in total. The second-order valence-electron chi connectivity index (χ2n) is 9.89. The first-order valence-electron chi connectivity index (χ1n) is 10.4. The molecule has 4 fully saturated rings. The molecule has 0 spiro atoms. The Kier molecular flexibility index (Phi) is 3.46. The smallest absolute Gasteiger partial charge is 0.139 e. The van der Waals surface area contributed by atoms with Crippen molar-refractivity contribution in [2.75, 3.05) is 0 Å². The molecule has 0 saturated heterocycles. The van der Waals surface area contributed by atoms with Gasteiger partial charge in [0.15, 0.2) is 0 Å². The summed E-state index contributed by atoms with van der Waals surface area (Å²) in [4.78, 5) is 12.5. The maximum atomic E-state index is 12.5. The zero-order valence-corrected chi connectivity index (χ0v) is 15.7. The second kappa shape index (κ2) is 5.40. The minimum atomic E-state index is 0.0162. The van der Waals surface area contributed by atoms with Gasteiger partial charge < -0.3 is 0 Å². The summed E-state index contributed by atoms with van der Waals surface area (Å²) < 4.78 is 2.10. The highest BCUT2D eigenvalue weighted by atomic mass is 16.1. The van der Waals surface area contributed by atoms with E-state index in [0.717, 1.165) is 30.6 Å². The molecule has 1 aromatic rings. The molecule has 5 rings (SSSR count). The van der Waals surface area contributed by atoms with Gasteiger partial charge in [0.1, 0.15) is 5.78 Å². The predicted molar refractivity (Wildman–Crippen MR) is 95.8 cm³/mol. The van der Waals surface area contributed by atoms with Crippen LogP contribution in [0.3, 0.4) is 0 Å². The van der Waals surface area contributed by atoms with Crippen molar-refractivity contribution in [1.29, 1.82) is 0 Å². The van der Waals surface area contributed by atoms with Crippen molar-refractivity contribution in [3.05, 3.63) is 12.4 Å². The molecule has 4 heteroatoms. The molecule has 4 saturated carbocycles. The average molecular weight is 341 g/mol. The van der Waals surface area contributed by atoms with E-state index in [-0.39, 0.29) is 5.41 Å². The standard InChI is InChI=1S/C21H31N3O/c1-20-9-7-15(24-12-11-22-23-24)13-14(20)3-4-16-17-5-6-19(25)21(17,2)10-8-18(16)20/h11-12,14-18H,3-10,13H2,1-2H3/t14?,15-,16-,17-,18?,20-,21-/m0/s1. The number of carbonyl (C=O) groups is 1. The van der Waals surface area contributed by atoms with Gasteiger partial charge in [0.25, 0.3) is 0 Å². The Balaban J connectivity index is 1.40. The first kappa shape index (κ1) is 16.0. The van der Waals surface area contributed by atoms with Crippen LogP contribution in [-0.4, -0.2) is 20.8 Å². The molecule has 0 N–H and O–H groups in total. The molecule has 0 aliphatic heterocycles. The van der Waals surface area contributed by atoms with E-state index in [0.29, 0.717) is 23.2 Å². The van der Waals surface area contributed by atoms with Crippen molar-refractivity contribution in [2.45, 2.75) is 77.7 Å². The Morgan fingerprint density at radius 1 is 1.08 bits per heavy atom. The fourth-order valence-electron chi connectivity index (χ4n) is 7.66. The van der Waals surface area contributed by atoms with Crippen LogP contribution in [0.5, 0.6) is 0 Å². The lowest BCUT2D eigenvalue weighted by atomic mass is 9.45. The molecular formula is C21H31N3O. The summed E-state index contributed by atoms with van der Waals surface area (Å²) in [5.41, 5.74) is 0.495. The van der Waals surface area contributed by atoms with Gasteiger partial charge in [-0.05, 0) is 80.5 Å². The van der Waals surface area contributed by atoms with Crippen molar-refractivity contribution in [1.82, 2.24) is 15.0 Å². The summed E-state index contributed by atoms with van der Waals surface area (Å²) in [5.74, 6) is 3.70. The van der Waals surface area contributed by atoms with Gasteiger partial charge in [-0.15, -0.1) is 5.10 Å². The highest BCUT2D eigenvalue weighted by molar-refractivity contribution is 5.87. The van der Waals surface area contributed by atoms with Crippen molar-refractivity contribution in [2.24, 2.45) is 34.5 Å². The van der Waals surface area contributed by atoms with Crippen LogP contribution < -0.4 is 0 Å². The predicted octanol–water partition coefficient (Wildman–Crippen LogP) is 4.43. The summed E-state index contributed by atoms with van der Waals surface area (Å²) in [5, 5.41) is 8.29. The maximum Gasteiger partial charge on any atom is 0.139 e. The number of ketones is 1. The molecule has 0 amide bonds. The Morgan fingerprint density at radius 2 is 1.96 bits per heavy atom. The molecule has 7 atom stereocenters. The topological polar surface area (TPSA) is 47.8 Å². The van der Waals surface area contributed by atoms with E-state index in [4.69, 9.17) is 0 Å². The van der Waals surface area contributed by atoms with E-state index in [1.807, 2.05) is 12.4 Å². The Morgan fingerprint density at radius 3 is 2.76 bits per heavy atom. The van der Waals surface area contributed by atoms with Crippen LogP contribution in [0.25, 0.3) is 0 Å². The van der Waals surface area contributed by atoms with E-state index in [1.54, 1.807) is 0 Å². The average Bonchev–Trinajstić information content (AvgIpc) is 3.23. The zero-order valence-electron chi connectivity index (χ0n) is 15.7. The van der Waals surface area contributed by atoms with Gasteiger partial charge in [-0.3, -0.25) is 4.79 Å². The van der Waals surface area contributed by atoms with Crippen molar-refractivity contribution < 1.29 is 4.79 Å². The number of fused-ring (bicyclic) bond motifs is 5. The summed E-state index contributed by atoms with van der Waals surface area (Å²) in [7, 11) is 0. The van der Waals surface area contributed by atoms with Gasteiger partial charge >= 0.3 is 0 Å². The maximum absolute atomic E-state index is 12.5. The van der Waals surface area contributed by atoms with Gasteiger partial charge in [0, 0.05) is 18.0 Å². The highest BCUT2D eigenvalue weighted by Gasteiger charge is 2.60. The van der Waals surface area contributed by atoms with Crippen LogP contribution in [0.2, 0.25) is 0 Å². The van der Waals surface area contributed by atoms with Crippen LogP contribution >= 0.6 is 0 Å². The van der Waals surface area contributed by atoms with Crippen LogP contribution in [0.4, 0.5) is 0 Å². The minimum absolute atomic E-state index is 0.0162. The minimum Gasteiger partial charge on any atom is -0.299 e. The fraction of sp³-hybridized carbons (Fsp3) is 0.857. The summed E-state index contributed by atoms with van der Waals surface area (Å²) in [6.07, 6.45) is 14.8. The molecule has 1 aromatic heterocycles. The Bertz CT molecular complexity index is 671. The normalized spacial score (nSPS) is 49.4. The molecule has 2 unspecified atom stereocenters. The zero-order chi connectivity index (χ0) is 17.2. The van der Waals surface area contributed by atoms with Gasteiger partial charge in [0.2, 0.25) is 0 Å². The third-order valence-corrected chi connectivity index (χ3v) is 9.16. The second-order valence-corrected chi connectivity index (χ2v) is 9.89. The first-order chi connectivity index (χ1) is 12.0. The van der Waals surface area contributed by atoms with Gasteiger partial charge in [-0.25, -0.2) is 4.68 Å². The molecular weight excluding hydrogens is 310 g/mol. The SMILES string of the molecule is C[C@]12CC[C@H](n3ccnn3)CC1CC[C@@H]1C2CC[C@]2(C)C(=O)CC[C@@H]12. The molecule has 4 aliphatic rings. The number of nitrogens with zero attached hydrogens (tertiary/aromatic N) is 3. The molecule has 0 radical (unpaired) electrons. The summed E-state index contributed by atoms with van der Waals surface area (Å²) >= 11 is 0. The molecule has 136 valence electrons. The monoisotopic (exact) mass is 341 g/mol. The lowest BCUT2D eigenvalue weighted by Gasteiger charge is -2.60. The molecule has 1 heterocycles. The third kappa shape index (κ3) is 2.15. The van der Waals surface area contributed by atoms with Gasteiger partial charge in [-0.2, -0.15) is 0 Å². The van der Waals surface area contributed by atoms with Crippen LogP contribution in [0.15, 0.2) is 12.4 Å². The Labute approximate surface area is 150 Å². The van der Waals surface area contributed by atoms with Gasteiger partial charge in [0.05, 0.1) is 12.2 Å². The van der Waals surface area contributed by atoms with Crippen molar-refractivity contribution >= 4 is 5.78 Å². The fourth-order valence-corrected chi connectivity index (χ4v) is 7.66. The molecule has 0 aromatic carbocycles. The number of hydrogen-bond acceptors (Lipinski definition) is 3. The highest BCUT2D eigenvalue weighted by Crippen LogP contribution is 2.66. The quantitative estimate of drug-likeness (QED) is 0.759. The van der Waals surface area contributed by atoms with Crippen LogP contribution in [-0.2, 0) is 4.79 Å². The largest absolute Gasteiger partial charge is 0.299 e. The number of carbonyl (C=O) groups excluding carboxylic acids is 1. The van der Waals surface area contributed by atoms with E-state index in [9.17, 15) is 4.79 Å². The molecule has 4 aliphatic carbocycles. The summed E-state index contributed by atoms with van der Waals surface area (Å²) in [6.45, 7) is 4.88. The number of Topliss-reactive ketones (excluding diaryl/α,β-unsaturated/α-hetero) is 1. The number of rotatable bonds is 1. The van der Waals surface area contributed by atoms with Crippen LogP contribution in [0.1, 0.15) is 77.7 Å². The number of aromatic nitrogens is 3. The Hall–Kier alpha value is -1.19. The van der Waals surface area contributed by atoms with Crippen molar-refractivity contribution in [3.8, 4) is 0 Å². The molecule has 25 heavy (non-hydrogen) atoms. The van der Waals surface area contributed by atoms with E-state index < -0.39 is 0 Å². The lowest BCUT2D eigenvalue weighted by Crippen LogP contribution is -2.53. The number of hydrogen-bond donors (Lipinski definition) is 0. The summed E-state index contributed by atoms with van der Waals surface area (Å²) in [6, 6.07) is 0.541. The van der Waals surface area contributed by atoms with Crippen LogP contribution in [0, 0.1) is 34.5 Å². The van der Waals surface area contributed by atoms with E-state index in [1.165, 1.54) is 44.9 Å². The van der Waals surface area contributed by atoms with Gasteiger partial charge in [-0.1, -0.05) is 19.1 Å². The first-order valence-corrected chi connectivity index (χ1v) is 10.4. The van der Waals surface area contributed by atoms with Crippen molar-refractivity contribution in [3.63, 3.8) is 0 Å².